The lowest BCUT2D eigenvalue weighted by atomic mass is 9.85. The minimum Gasteiger partial charge on any atom is -0.344 e. The predicted octanol–water partition coefficient (Wildman–Crippen LogP) is 4.12. The van der Waals surface area contributed by atoms with Crippen LogP contribution in [0.5, 0.6) is 0 Å². The standard InChI is InChI=1S/C21H18N4O3S/c1-14-6-8-15(9-7-14)23-12-24-20(26)10-17(18(11-22)21(24)29-13-23)16-4-2-3-5-19(16)25(27)28/h2-9,17H,10,12-13H2,1H3. The van der Waals surface area contributed by atoms with Gasteiger partial charge in [0.1, 0.15) is 0 Å². The number of nitriles is 1. The number of benzene rings is 2. The molecule has 29 heavy (non-hydrogen) atoms. The van der Waals surface area contributed by atoms with Gasteiger partial charge in [-0.05, 0) is 19.1 Å². The van der Waals surface area contributed by atoms with Gasteiger partial charge in [0, 0.05) is 29.7 Å². The summed E-state index contributed by atoms with van der Waals surface area (Å²) in [4.78, 5) is 27.6. The van der Waals surface area contributed by atoms with Gasteiger partial charge in [0.05, 0.1) is 34.1 Å². The van der Waals surface area contributed by atoms with Gasteiger partial charge in [-0.2, -0.15) is 5.26 Å². The van der Waals surface area contributed by atoms with Crippen LogP contribution in [0.3, 0.4) is 0 Å². The Balaban J connectivity index is 1.70. The van der Waals surface area contributed by atoms with Crippen LogP contribution < -0.4 is 4.90 Å². The molecule has 1 saturated heterocycles. The Bertz CT molecular complexity index is 1060. The number of hydrogen-bond acceptors (Lipinski definition) is 6. The maximum atomic E-state index is 13.0. The van der Waals surface area contributed by atoms with Crippen molar-refractivity contribution in [3.8, 4) is 6.07 Å². The molecular weight excluding hydrogens is 388 g/mol. The van der Waals surface area contributed by atoms with Crippen LogP contribution in [0.25, 0.3) is 0 Å². The highest BCUT2D eigenvalue weighted by atomic mass is 32.2. The third-order valence-corrected chi connectivity index (χ3v) is 6.36. The van der Waals surface area contributed by atoms with Gasteiger partial charge in [0.15, 0.2) is 0 Å². The molecule has 4 rings (SSSR count). The van der Waals surface area contributed by atoms with E-state index in [2.05, 4.69) is 11.0 Å². The molecule has 1 atom stereocenters. The molecule has 2 heterocycles. The Hall–Kier alpha value is -3.31. The number of para-hydroxylation sites is 1. The lowest BCUT2D eigenvalue weighted by Crippen LogP contribution is -2.47. The summed E-state index contributed by atoms with van der Waals surface area (Å²) in [7, 11) is 0. The highest BCUT2D eigenvalue weighted by Crippen LogP contribution is 2.45. The van der Waals surface area contributed by atoms with E-state index in [-0.39, 0.29) is 18.0 Å². The predicted molar refractivity (Wildman–Crippen MR) is 111 cm³/mol. The third kappa shape index (κ3) is 3.45. The molecular formula is C21H18N4O3S. The lowest BCUT2D eigenvalue weighted by Gasteiger charge is -2.42. The van der Waals surface area contributed by atoms with Gasteiger partial charge in [-0.15, -0.1) is 0 Å². The summed E-state index contributed by atoms with van der Waals surface area (Å²) < 4.78 is 0. The first kappa shape index (κ1) is 19.0. The molecule has 146 valence electrons. The maximum Gasteiger partial charge on any atom is 0.273 e. The number of anilines is 1. The molecule has 1 unspecified atom stereocenters. The summed E-state index contributed by atoms with van der Waals surface area (Å²) in [6.45, 7) is 2.38. The van der Waals surface area contributed by atoms with Crippen molar-refractivity contribution in [1.82, 2.24) is 4.90 Å². The molecule has 0 N–H and O–H groups in total. The Labute approximate surface area is 172 Å². The normalized spacial score (nSPS) is 19.0. The molecule has 2 aromatic rings. The lowest BCUT2D eigenvalue weighted by molar-refractivity contribution is -0.385. The van der Waals surface area contributed by atoms with E-state index >= 15 is 0 Å². The molecule has 2 aromatic carbocycles. The number of allylic oxidation sites excluding steroid dienone is 1. The molecule has 0 saturated carbocycles. The number of fused-ring (bicyclic) bond motifs is 1. The fourth-order valence-electron chi connectivity index (χ4n) is 3.70. The second kappa shape index (κ2) is 7.60. The molecule has 7 nitrogen and oxygen atoms in total. The molecule has 0 aromatic heterocycles. The van der Waals surface area contributed by atoms with Gasteiger partial charge in [-0.1, -0.05) is 47.7 Å². The zero-order chi connectivity index (χ0) is 20.5. The highest BCUT2D eigenvalue weighted by molar-refractivity contribution is 8.03. The van der Waals surface area contributed by atoms with Crippen LogP contribution in [0.15, 0.2) is 59.1 Å². The molecule has 2 aliphatic rings. The summed E-state index contributed by atoms with van der Waals surface area (Å²) in [5.74, 6) is -0.137. The van der Waals surface area contributed by atoms with Crippen molar-refractivity contribution in [2.45, 2.75) is 19.3 Å². The van der Waals surface area contributed by atoms with Crippen LogP contribution in [-0.2, 0) is 4.79 Å². The van der Waals surface area contributed by atoms with Crippen LogP contribution in [0, 0.1) is 28.4 Å². The number of thioether (sulfide) groups is 1. The van der Waals surface area contributed by atoms with Crippen LogP contribution in [0.2, 0.25) is 0 Å². The number of carbonyl (C=O) groups is 1. The number of rotatable bonds is 3. The zero-order valence-corrected chi connectivity index (χ0v) is 16.6. The van der Waals surface area contributed by atoms with Gasteiger partial charge in [-0.25, -0.2) is 0 Å². The monoisotopic (exact) mass is 406 g/mol. The van der Waals surface area contributed by atoms with Crippen LogP contribution in [0.1, 0.15) is 23.5 Å². The van der Waals surface area contributed by atoms with Gasteiger partial charge < -0.3 is 4.90 Å². The quantitative estimate of drug-likeness (QED) is 0.562. The number of nitro benzene ring substituents is 1. The number of nitrogens with zero attached hydrogens (tertiary/aromatic N) is 4. The summed E-state index contributed by atoms with van der Waals surface area (Å²) in [6, 6.07) is 16.6. The average molecular weight is 406 g/mol. The Morgan fingerprint density at radius 2 is 1.93 bits per heavy atom. The molecule has 1 amide bonds. The van der Waals surface area contributed by atoms with E-state index in [1.165, 1.54) is 17.8 Å². The van der Waals surface area contributed by atoms with Gasteiger partial charge in [0.25, 0.3) is 5.69 Å². The SMILES string of the molecule is Cc1ccc(N2CSC3=C(C#N)C(c4ccccc4[N+](=O)[O-])CC(=O)N3C2)cc1. The van der Waals surface area contributed by atoms with E-state index < -0.39 is 10.8 Å². The second-order valence-electron chi connectivity index (χ2n) is 7.02. The zero-order valence-electron chi connectivity index (χ0n) is 15.7. The smallest absolute Gasteiger partial charge is 0.273 e. The van der Waals surface area contributed by atoms with Gasteiger partial charge in [0.2, 0.25) is 5.91 Å². The van der Waals surface area contributed by atoms with E-state index in [1.807, 2.05) is 31.2 Å². The molecule has 1 fully saturated rings. The largest absolute Gasteiger partial charge is 0.344 e. The Morgan fingerprint density at radius 1 is 1.21 bits per heavy atom. The number of aryl methyl sites for hydroxylation is 1. The van der Waals surface area contributed by atoms with E-state index in [0.29, 0.717) is 28.7 Å². The summed E-state index contributed by atoms with van der Waals surface area (Å²) in [5, 5.41) is 21.9. The maximum absolute atomic E-state index is 13.0. The molecule has 0 aliphatic carbocycles. The van der Waals surface area contributed by atoms with Gasteiger partial charge >= 0.3 is 0 Å². The molecule has 0 radical (unpaired) electrons. The Kier molecular flexibility index (Phi) is 4.99. The first-order chi connectivity index (χ1) is 14.0. The highest BCUT2D eigenvalue weighted by Gasteiger charge is 2.40. The van der Waals surface area contributed by atoms with Crippen molar-refractivity contribution in [1.29, 1.82) is 5.26 Å². The van der Waals surface area contributed by atoms with Crippen molar-refractivity contribution in [3.05, 3.63) is 80.4 Å². The van der Waals surface area contributed by atoms with Crippen molar-refractivity contribution in [2.24, 2.45) is 0 Å². The van der Waals surface area contributed by atoms with Crippen LogP contribution in [-0.4, -0.2) is 28.3 Å². The second-order valence-corrected chi connectivity index (χ2v) is 7.95. The summed E-state index contributed by atoms with van der Waals surface area (Å²) >= 11 is 1.42. The first-order valence-corrected chi connectivity index (χ1v) is 10.1. The topological polar surface area (TPSA) is 90.5 Å². The van der Waals surface area contributed by atoms with Crippen molar-refractivity contribution >= 4 is 29.0 Å². The van der Waals surface area contributed by atoms with Crippen LogP contribution in [0.4, 0.5) is 11.4 Å². The minimum atomic E-state index is -0.598. The van der Waals surface area contributed by atoms with E-state index in [9.17, 15) is 20.2 Å². The molecule has 2 aliphatic heterocycles. The van der Waals surface area contributed by atoms with Crippen LogP contribution >= 0.6 is 11.8 Å². The van der Waals surface area contributed by atoms with Gasteiger partial charge in [-0.3, -0.25) is 19.8 Å². The number of amides is 1. The third-order valence-electron chi connectivity index (χ3n) is 5.20. The number of carbonyl (C=O) groups excluding carboxylic acids is 1. The summed E-state index contributed by atoms with van der Waals surface area (Å²) in [6.07, 6.45) is 0.0412. The average Bonchev–Trinajstić information content (AvgIpc) is 2.74. The van der Waals surface area contributed by atoms with E-state index in [4.69, 9.17) is 0 Å². The van der Waals surface area contributed by atoms with Crippen molar-refractivity contribution in [3.63, 3.8) is 0 Å². The van der Waals surface area contributed by atoms with E-state index in [1.54, 1.807) is 23.1 Å². The van der Waals surface area contributed by atoms with Crippen molar-refractivity contribution in [2.75, 3.05) is 17.4 Å². The Morgan fingerprint density at radius 3 is 2.62 bits per heavy atom. The fraction of sp³-hybridized carbons (Fsp3) is 0.238. The minimum absolute atomic E-state index is 0.0412. The van der Waals surface area contributed by atoms with E-state index in [0.717, 1.165) is 11.3 Å². The number of nitro groups is 1. The van der Waals surface area contributed by atoms with Crippen molar-refractivity contribution < 1.29 is 9.72 Å². The molecule has 0 spiro atoms. The summed E-state index contributed by atoms with van der Waals surface area (Å²) in [5.41, 5.74) is 2.94. The number of hydrogen-bond donors (Lipinski definition) is 0. The molecule has 8 heteroatoms. The molecule has 0 bridgehead atoms. The fourth-order valence-corrected chi connectivity index (χ4v) is 4.86. The first-order valence-electron chi connectivity index (χ1n) is 9.12.